The van der Waals surface area contributed by atoms with E-state index in [0.29, 0.717) is 18.0 Å². The van der Waals surface area contributed by atoms with Crippen LogP contribution in [-0.4, -0.2) is 29.2 Å². The Bertz CT molecular complexity index is 1150. The fourth-order valence-electron chi connectivity index (χ4n) is 3.40. The molecule has 0 radical (unpaired) electrons. The number of hydrogen-bond acceptors (Lipinski definition) is 4. The lowest BCUT2D eigenvalue weighted by atomic mass is 10.1. The molecule has 1 aromatic heterocycles. The van der Waals surface area contributed by atoms with Crippen LogP contribution in [0.4, 0.5) is 10.3 Å². The number of halogens is 2. The molecule has 8 heteroatoms. The first kappa shape index (κ1) is 19.4. The summed E-state index contributed by atoms with van der Waals surface area (Å²) in [4.78, 5) is 31.9. The van der Waals surface area contributed by atoms with Gasteiger partial charge in [0, 0.05) is 30.6 Å². The maximum atomic E-state index is 13.6. The average molecular weight is 415 g/mol. The molecule has 0 spiro atoms. The predicted octanol–water partition coefficient (Wildman–Crippen LogP) is 3.52. The van der Waals surface area contributed by atoms with Crippen molar-refractivity contribution in [3.8, 4) is 0 Å². The number of amides is 1. The molecule has 0 aliphatic heterocycles. The highest BCUT2D eigenvalue weighted by molar-refractivity contribution is 6.30. The van der Waals surface area contributed by atoms with E-state index in [2.05, 4.69) is 10.4 Å². The highest BCUT2D eigenvalue weighted by Crippen LogP contribution is 2.47. The van der Waals surface area contributed by atoms with E-state index in [1.807, 2.05) is 19.1 Å². The summed E-state index contributed by atoms with van der Waals surface area (Å²) < 4.78 is 14.8. The molecule has 6 nitrogen and oxygen atoms in total. The molecule has 1 amide bonds. The first-order valence-electron chi connectivity index (χ1n) is 9.38. The van der Waals surface area contributed by atoms with E-state index in [0.717, 1.165) is 10.2 Å². The van der Waals surface area contributed by atoms with Crippen LogP contribution in [0.25, 0.3) is 10.9 Å². The smallest absolute Gasteiger partial charge is 0.281 e. The Kier molecular flexibility index (Phi) is 5.00. The van der Waals surface area contributed by atoms with Gasteiger partial charge < -0.3 is 4.90 Å². The molecule has 1 aliphatic carbocycles. The van der Waals surface area contributed by atoms with Crippen molar-refractivity contribution >= 4 is 34.4 Å². The number of aromatic nitrogens is 2. The predicted molar refractivity (Wildman–Crippen MR) is 112 cm³/mol. The van der Waals surface area contributed by atoms with Crippen LogP contribution in [-0.2, 0) is 4.79 Å². The van der Waals surface area contributed by atoms with Crippen LogP contribution < -0.4 is 15.9 Å². The lowest BCUT2D eigenvalue weighted by Crippen LogP contribution is -2.39. The van der Waals surface area contributed by atoms with E-state index in [4.69, 9.17) is 11.6 Å². The Hall–Kier alpha value is -2.93. The Balaban J connectivity index is 1.65. The normalized spacial score (nSPS) is 17.9. The summed E-state index contributed by atoms with van der Waals surface area (Å²) in [6.07, 6.45) is 0.702. The Labute approximate surface area is 171 Å². The molecule has 150 valence electrons. The standard InChI is InChI=1S/C21H20ClFN4O2/c1-3-26(2)21-24-18-10-14(23)8-9-15(18)20(29)27(21)25-19(28)17-11-16(17)12-4-6-13(22)7-5-12/h4-10,16-17H,3,11H2,1-2H3,(H,25,28)/t16-,17?/m1/s1. The maximum absolute atomic E-state index is 13.6. The van der Waals surface area contributed by atoms with Gasteiger partial charge in [0.2, 0.25) is 11.9 Å². The van der Waals surface area contributed by atoms with Crippen molar-refractivity contribution in [1.82, 2.24) is 9.66 Å². The summed E-state index contributed by atoms with van der Waals surface area (Å²) >= 11 is 5.93. The van der Waals surface area contributed by atoms with Gasteiger partial charge in [0.15, 0.2) is 0 Å². The van der Waals surface area contributed by atoms with E-state index in [-0.39, 0.29) is 34.6 Å². The van der Waals surface area contributed by atoms with Gasteiger partial charge in [-0.2, -0.15) is 4.68 Å². The number of nitrogens with one attached hydrogen (secondary N) is 1. The molecular weight excluding hydrogens is 395 g/mol. The molecule has 0 saturated heterocycles. The van der Waals surface area contributed by atoms with Gasteiger partial charge in [-0.15, -0.1) is 0 Å². The van der Waals surface area contributed by atoms with Crippen LogP contribution in [0.3, 0.4) is 0 Å². The summed E-state index contributed by atoms with van der Waals surface area (Å²) in [6, 6.07) is 11.2. The van der Waals surface area contributed by atoms with Crippen LogP contribution in [0.5, 0.6) is 0 Å². The zero-order valence-corrected chi connectivity index (χ0v) is 16.8. The van der Waals surface area contributed by atoms with Crippen molar-refractivity contribution in [1.29, 1.82) is 0 Å². The third kappa shape index (κ3) is 3.70. The molecule has 3 aromatic rings. The first-order chi connectivity index (χ1) is 13.9. The maximum Gasteiger partial charge on any atom is 0.281 e. The fourth-order valence-corrected chi connectivity index (χ4v) is 3.53. The Morgan fingerprint density at radius 2 is 2.03 bits per heavy atom. The molecule has 1 N–H and O–H groups in total. The van der Waals surface area contributed by atoms with E-state index < -0.39 is 11.4 Å². The largest absolute Gasteiger partial charge is 0.344 e. The van der Waals surface area contributed by atoms with Gasteiger partial charge in [-0.3, -0.25) is 15.0 Å². The summed E-state index contributed by atoms with van der Waals surface area (Å²) in [5.74, 6) is -0.599. The third-order valence-electron chi connectivity index (χ3n) is 5.28. The van der Waals surface area contributed by atoms with E-state index in [1.54, 1.807) is 24.1 Å². The second-order valence-electron chi connectivity index (χ2n) is 7.20. The molecule has 1 heterocycles. The van der Waals surface area contributed by atoms with E-state index >= 15 is 0 Å². The zero-order chi connectivity index (χ0) is 20.7. The minimum absolute atomic E-state index is 0.0952. The third-order valence-corrected chi connectivity index (χ3v) is 5.53. The van der Waals surface area contributed by atoms with Gasteiger partial charge in [0.1, 0.15) is 5.82 Å². The summed E-state index contributed by atoms with van der Waals surface area (Å²) in [7, 11) is 1.75. The van der Waals surface area contributed by atoms with Crippen LogP contribution >= 0.6 is 11.6 Å². The highest BCUT2D eigenvalue weighted by atomic mass is 35.5. The van der Waals surface area contributed by atoms with Crippen LogP contribution in [0, 0.1) is 11.7 Å². The number of carbonyl (C=O) groups is 1. The number of benzene rings is 2. The Morgan fingerprint density at radius 1 is 1.31 bits per heavy atom. The lowest BCUT2D eigenvalue weighted by molar-refractivity contribution is -0.118. The SMILES string of the molecule is CCN(C)c1nc2cc(F)ccc2c(=O)n1NC(=O)C1C[C@@H]1c1ccc(Cl)cc1. The van der Waals surface area contributed by atoms with Crippen LogP contribution in [0.15, 0.2) is 47.3 Å². The monoisotopic (exact) mass is 414 g/mol. The topological polar surface area (TPSA) is 67.2 Å². The lowest BCUT2D eigenvalue weighted by Gasteiger charge is -2.21. The molecule has 29 heavy (non-hydrogen) atoms. The second-order valence-corrected chi connectivity index (χ2v) is 7.64. The molecule has 2 atom stereocenters. The number of carbonyl (C=O) groups excluding carboxylic acids is 1. The quantitative estimate of drug-likeness (QED) is 0.693. The molecule has 1 fully saturated rings. The molecular formula is C21H20ClFN4O2. The number of nitrogens with zero attached hydrogens (tertiary/aromatic N) is 3. The van der Waals surface area contributed by atoms with Gasteiger partial charge in [-0.25, -0.2) is 9.37 Å². The van der Waals surface area contributed by atoms with Crippen molar-refractivity contribution in [2.45, 2.75) is 19.3 Å². The first-order valence-corrected chi connectivity index (χ1v) is 9.76. The summed E-state index contributed by atoms with van der Waals surface area (Å²) in [6.45, 7) is 2.45. The zero-order valence-electron chi connectivity index (χ0n) is 16.0. The van der Waals surface area contributed by atoms with Crippen molar-refractivity contribution in [2.75, 3.05) is 23.9 Å². The molecule has 1 aliphatic rings. The van der Waals surface area contributed by atoms with Gasteiger partial charge >= 0.3 is 0 Å². The average Bonchev–Trinajstić information content (AvgIpc) is 3.50. The summed E-state index contributed by atoms with van der Waals surface area (Å²) in [5, 5.41) is 0.887. The van der Waals surface area contributed by atoms with E-state index in [9.17, 15) is 14.0 Å². The fraction of sp³-hybridized carbons (Fsp3) is 0.286. The molecule has 0 bridgehead atoms. The van der Waals surface area contributed by atoms with Gasteiger partial charge in [0.05, 0.1) is 10.9 Å². The van der Waals surface area contributed by atoms with Gasteiger partial charge in [-0.1, -0.05) is 23.7 Å². The molecule has 4 rings (SSSR count). The minimum Gasteiger partial charge on any atom is -0.344 e. The number of rotatable bonds is 5. The number of anilines is 1. The van der Waals surface area contributed by atoms with E-state index in [1.165, 1.54) is 18.2 Å². The number of fused-ring (bicyclic) bond motifs is 1. The highest BCUT2D eigenvalue weighted by Gasteiger charge is 2.44. The van der Waals surface area contributed by atoms with Crippen molar-refractivity contribution in [3.05, 3.63) is 69.2 Å². The van der Waals surface area contributed by atoms with Crippen molar-refractivity contribution in [3.63, 3.8) is 0 Å². The molecule has 2 aromatic carbocycles. The Morgan fingerprint density at radius 3 is 2.72 bits per heavy atom. The minimum atomic E-state index is -0.472. The van der Waals surface area contributed by atoms with Crippen molar-refractivity contribution in [2.24, 2.45) is 5.92 Å². The molecule has 1 saturated carbocycles. The van der Waals surface area contributed by atoms with Gasteiger partial charge in [-0.05, 0) is 49.1 Å². The van der Waals surface area contributed by atoms with Crippen LogP contribution in [0.2, 0.25) is 5.02 Å². The second kappa shape index (κ2) is 7.48. The summed E-state index contributed by atoms with van der Waals surface area (Å²) in [5.41, 5.74) is 3.57. The van der Waals surface area contributed by atoms with Crippen LogP contribution in [0.1, 0.15) is 24.8 Å². The van der Waals surface area contributed by atoms with Gasteiger partial charge in [0.25, 0.3) is 5.56 Å². The molecule has 1 unspecified atom stereocenters. The van der Waals surface area contributed by atoms with Crippen molar-refractivity contribution < 1.29 is 9.18 Å². The number of hydrogen-bond donors (Lipinski definition) is 1.